The number of hydrogen-bond donors (Lipinski definition) is 2. The van der Waals surface area contributed by atoms with Gasteiger partial charge in [-0.1, -0.05) is 19.1 Å². The van der Waals surface area contributed by atoms with E-state index in [4.69, 9.17) is 0 Å². The molecule has 4 unspecified atom stereocenters. The van der Waals surface area contributed by atoms with E-state index in [-0.39, 0.29) is 33.2 Å². The number of nitrogens with zero attached hydrogens (tertiary/aromatic N) is 2. The molecule has 1 saturated carbocycles. The first-order valence-electron chi connectivity index (χ1n) is 11.1. The number of halogens is 1. The lowest BCUT2D eigenvalue weighted by molar-refractivity contribution is -1.12. The Morgan fingerprint density at radius 2 is 2.10 bits per heavy atom. The fraction of sp³-hybridized carbons (Fsp3) is 0.696. The predicted octanol–water partition coefficient (Wildman–Crippen LogP) is 2.58. The van der Waals surface area contributed by atoms with Crippen molar-refractivity contribution in [3.63, 3.8) is 0 Å². The molecular weight excluding hydrogens is 369 g/mol. The summed E-state index contributed by atoms with van der Waals surface area (Å²) < 4.78 is 13.2. The molecule has 5 nitrogen and oxygen atoms in total. The molecule has 5 atom stereocenters. The van der Waals surface area contributed by atoms with E-state index in [2.05, 4.69) is 17.1 Å². The summed E-state index contributed by atoms with van der Waals surface area (Å²) in [5.41, 5.74) is 0.860. The van der Waals surface area contributed by atoms with Crippen molar-refractivity contribution in [3.05, 3.63) is 35.6 Å². The minimum absolute atomic E-state index is 0.0996. The molecule has 29 heavy (non-hydrogen) atoms. The summed E-state index contributed by atoms with van der Waals surface area (Å²) in [6, 6.07) is 6.92. The van der Waals surface area contributed by atoms with Crippen molar-refractivity contribution in [1.29, 1.82) is 0 Å². The molecule has 1 aromatic carbocycles. The number of carbonyl (C=O) groups excluding carboxylic acids is 1. The van der Waals surface area contributed by atoms with Gasteiger partial charge in [0.25, 0.3) is 0 Å². The molecule has 6 rings (SSSR count). The minimum Gasteiger partial charge on any atom is -0.351 e. The molecule has 5 aliphatic rings. The van der Waals surface area contributed by atoms with Crippen LogP contribution in [-0.2, 0) is 11.2 Å². The topological polar surface area (TPSA) is 52.6 Å². The number of benzene rings is 1. The van der Waals surface area contributed by atoms with Gasteiger partial charge in [0, 0.05) is 37.0 Å². The van der Waals surface area contributed by atoms with Crippen molar-refractivity contribution in [2.45, 2.75) is 45.1 Å². The molecule has 1 amide bonds. The van der Waals surface area contributed by atoms with Crippen molar-refractivity contribution < 1.29 is 19.0 Å². The zero-order chi connectivity index (χ0) is 20.3. The Morgan fingerprint density at radius 3 is 2.83 bits per heavy atom. The quantitative estimate of drug-likeness (QED) is 0.745. The van der Waals surface area contributed by atoms with E-state index in [0.717, 1.165) is 70.4 Å². The summed E-state index contributed by atoms with van der Waals surface area (Å²) in [6.07, 6.45) is 4.89. The smallest absolute Gasteiger partial charge is 0.232 e. The largest absolute Gasteiger partial charge is 0.351 e. The van der Waals surface area contributed by atoms with Gasteiger partial charge in [-0.25, -0.2) is 9.60 Å². The molecule has 1 aliphatic carbocycles. The second kappa shape index (κ2) is 6.76. The van der Waals surface area contributed by atoms with E-state index in [0.29, 0.717) is 12.5 Å². The van der Waals surface area contributed by atoms with Gasteiger partial charge < -0.3 is 10.2 Å². The van der Waals surface area contributed by atoms with Gasteiger partial charge in [0.1, 0.15) is 30.9 Å². The second-order valence-electron chi connectivity index (χ2n) is 10.8. The number of hydrogen-bond acceptors (Lipinski definition) is 3. The first kappa shape index (κ1) is 19.5. The molecule has 4 aliphatic heterocycles. The van der Waals surface area contributed by atoms with Crippen molar-refractivity contribution in [1.82, 2.24) is 10.2 Å². The zero-order valence-corrected chi connectivity index (χ0v) is 17.4. The molecule has 2 N–H and O–H groups in total. The number of quaternary nitrogens is 1. The van der Waals surface area contributed by atoms with Gasteiger partial charge in [-0.2, -0.15) is 4.65 Å². The molecule has 5 fully saturated rings. The summed E-state index contributed by atoms with van der Waals surface area (Å²) in [5.74, 6) is 0.456. The number of nitrogens with one attached hydrogen (secondary N) is 1. The molecule has 6 heteroatoms. The molecular formula is C23H33FN3O2+. The molecule has 4 bridgehead atoms. The fourth-order valence-electron chi connectivity index (χ4n) is 7.27. The Hall–Kier alpha value is -1.50. The Labute approximate surface area is 172 Å². The number of carbonyl (C=O) groups is 1. The summed E-state index contributed by atoms with van der Waals surface area (Å²) in [4.78, 5) is 15.8. The fourth-order valence-corrected chi connectivity index (χ4v) is 7.27. The average Bonchev–Trinajstić information content (AvgIpc) is 3.05. The van der Waals surface area contributed by atoms with Crippen LogP contribution in [0, 0.1) is 22.6 Å². The third-order valence-electron chi connectivity index (χ3n) is 7.82. The van der Waals surface area contributed by atoms with Gasteiger partial charge in [-0.05, 0) is 49.8 Å². The van der Waals surface area contributed by atoms with Crippen LogP contribution in [0.2, 0.25) is 0 Å². The Morgan fingerprint density at radius 1 is 1.31 bits per heavy atom. The molecule has 1 aromatic rings. The number of piperidine rings is 3. The van der Waals surface area contributed by atoms with Crippen LogP contribution in [0.3, 0.4) is 0 Å². The monoisotopic (exact) mass is 402 g/mol. The van der Waals surface area contributed by atoms with Crippen LogP contribution in [0.4, 0.5) is 4.39 Å². The van der Waals surface area contributed by atoms with Gasteiger partial charge in [-0.3, -0.25) is 4.79 Å². The molecule has 4 saturated heterocycles. The van der Waals surface area contributed by atoms with Crippen molar-refractivity contribution in [2.24, 2.45) is 16.7 Å². The maximum atomic E-state index is 13.4. The molecule has 158 valence electrons. The van der Waals surface area contributed by atoms with Crippen LogP contribution in [0.1, 0.15) is 38.2 Å². The van der Waals surface area contributed by atoms with Crippen molar-refractivity contribution in [3.8, 4) is 0 Å². The van der Waals surface area contributed by atoms with Crippen molar-refractivity contribution >= 4 is 5.91 Å². The average molecular weight is 403 g/mol. The lowest BCUT2D eigenvalue weighted by Gasteiger charge is -2.61. The highest BCUT2D eigenvalue weighted by atomic mass is 19.1. The van der Waals surface area contributed by atoms with E-state index >= 15 is 0 Å². The van der Waals surface area contributed by atoms with E-state index in [1.807, 2.05) is 12.1 Å². The summed E-state index contributed by atoms with van der Waals surface area (Å²) in [7, 11) is 0. The van der Waals surface area contributed by atoms with E-state index in [9.17, 15) is 14.4 Å². The number of rotatable bonds is 5. The highest BCUT2D eigenvalue weighted by Gasteiger charge is 2.66. The summed E-state index contributed by atoms with van der Waals surface area (Å²) >= 11 is 0. The van der Waals surface area contributed by atoms with E-state index in [1.165, 1.54) is 12.1 Å². The molecule has 0 radical (unpaired) electrons. The van der Waals surface area contributed by atoms with Gasteiger partial charge in [0.2, 0.25) is 5.91 Å². The lowest BCUT2D eigenvalue weighted by Crippen LogP contribution is -2.73. The van der Waals surface area contributed by atoms with E-state index < -0.39 is 0 Å². The SMILES string of the molecule is CC12CC3CC(C(=O)N[C@H]4CCN(CCc5ccc(F)cc5)C4)(C1)C[N+](O)(C3)C2. The first-order valence-corrected chi connectivity index (χ1v) is 11.1. The number of amides is 1. The van der Waals surface area contributed by atoms with Gasteiger partial charge in [-0.15, -0.1) is 0 Å². The Bertz CT molecular complexity index is 780. The van der Waals surface area contributed by atoms with Gasteiger partial charge >= 0.3 is 0 Å². The highest BCUT2D eigenvalue weighted by Crippen LogP contribution is 2.58. The van der Waals surface area contributed by atoms with Crippen LogP contribution in [0.5, 0.6) is 0 Å². The standard InChI is InChI=1S/C23H32FN3O2/c1-22-10-18-11-23(14-22,16-27(29,13-18)15-22)21(28)25-20-7-9-26(12-20)8-6-17-2-4-19(24)5-3-17/h2-5,18,20,29H,6-16H2,1H3/p+1/t18?,20-,22?,23?,27?/m0/s1. The first-order chi connectivity index (χ1) is 13.7. The van der Waals surface area contributed by atoms with Crippen LogP contribution in [0.15, 0.2) is 24.3 Å². The third kappa shape index (κ3) is 3.71. The Balaban J connectivity index is 1.17. The van der Waals surface area contributed by atoms with Crippen LogP contribution in [0.25, 0.3) is 0 Å². The van der Waals surface area contributed by atoms with Crippen LogP contribution in [-0.4, -0.2) is 66.0 Å². The summed E-state index contributed by atoms with van der Waals surface area (Å²) in [6.45, 7) is 7.27. The lowest BCUT2D eigenvalue weighted by atomic mass is 9.53. The maximum Gasteiger partial charge on any atom is 0.232 e. The molecule has 4 heterocycles. The molecule has 0 spiro atoms. The number of likely N-dealkylation sites (tertiary alicyclic amines) is 1. The van der Waals surface area contributed by atoms with Gasteiger partial charge in [0.05, 0.1) is 0 Å². The van der Waals surface area contributed by atoms with Crippen LogP contribution >= 0.6 is 0 Å². The highest BCUT2D eigenvalue weighted by molar-refractivity contribution is 5.83. The maximum absolute atomic E-state index is 13.4. The minimum atomic E-state index is -0.384. The summed E-state index contributed by atoms with van der Waals surface area (Å²) in [5, 5.41) is 14.4. The second-order valence-corrected chi connectivity index (χ2v) is 10.8. The number of hydroxylamine groups is 3. The van der Waals surface area contributed by atoms with Gasteiger partial charge in [0.15, 0.2) is 0 Å². The van der Waals surface area contributed by atoms with Crippen LogP contribution < -0.4 is 5.32 Å². The normalized spacial score (nSPS) is 41.1. The zero-order valence-electron chi connectivity index (χ0n) is 17.4. The third-order valence-corrected chi connectivity index (χ3v) is 7.82. The predicted molar refractivity (Wildman–Crippen MR) is 108 cm³/mol. The van der Waals surface area contributed by atoms with Crippen molar-refractivity contribution in [2.75, 3.05) is 39.3 Å². The Kier molecular flexibility index (Phi) is 4.53. The molecule has 0 aromatic heterocycles. The van der Waals surface area contributed by atoms with E-state index in [1.54, 1.807) is 0 Å².